The largest absolute Gasteiger partial charge is 0.319 e. The summed E-state index contributed by atoms with van der Waals surface area (Å²) in [5.41, 5.74) is 0.393. The van der Waals surface area contributed by atoms with Gasteiger partial charge < -0.3 is 5.32 Å². The molecule has 1 aromatic heterocycles. The van der Waals surface area contributed by atoms with E-state index >= 15 is 0 Å². The fraction of sp³-hybridized carbons (Fsp3) is 0.182. The molecule has 0 saturated carbocycles. The molecule has 0 aliphatic carbocycles. The molecule has 0 saturated heterocycles. The zero-order valence-electron chi connectivity index (χ0n) is 11.0. The molecule has 0 aliphatic heterocycles. The number of carbonyl (C=O) groups is 1. The maximum absolute atomic E-state index is 13.5. The number of nitrogens with one attached hydrogen (secondary N) is 1. The molecule has 0 spiro atoms. The number of amides is 1. The van der Waals surface area contributed by atoms with Gasteiger partial charge in [0.2, 0.25) is 5.69 Å². The van der Waals surface area contributed by atoms with E-state index in [9.17, 15) is 17.6 Å². The fourth-order valence-electron chi connectivity index (χ4n) is 1.46. The lowest BCUT2D eigenvalue weighted by atomic mass is 10.2. The Labute approximate surface area is 124 Å². The van der Waals surface area contributed by atoms with Gasteiger partial charge in [0.15, 0.2) is 0 Å². The summed E-state index contributed by atoms with van der Waals surface area (Å²) in [4.78, 5) is 11.9. The minimum Gasteiger partial charge on any atom is -0.319 e. The molecule has 112 valence electrons. The van der Waals surface area contributed by atoms with E-state index in [0.29, 0.717) is 0 Å². The predicted molar refractivity (Wildman–Crippen MR) is 74.4 cm³/mol. The minimum absolute atomic E-state index is 0.147. The van der Waals surface area contributed by atoms with Crippen molar-refractivity contribution in [2.24, 2.45) is 0 Å². The van der Waals surface area contributed by atoms with E-state index in [2.05, 4.69) is 15.5 Å². The van der Waals surface area contributed by atoms with Gasteiger partial charge in [0, 0.05) is 0 Å². The Morgan fingerprint density at radius 1 is 1.38 bits per heavy atom. The molecule has 21 heavy (non-hydrogen) atoms. The van der Waals surface area contributed by atoms with E-state index < -0.39 is 27.6 Å². The van der Waals surface area contributed by atoms with Crippen LogP contribution in [0, 0.1) is 12.9 Å². The molecule has 0 bridgehead atoms. The lowest BCUT2D eigenvalue weighted by molar-refractivity contribution is 0.101. The van der Waals surface area contributed by atoms with Crippen LogP contribution in [0.25, 0.3) is 0 Å². The summed E-state index contributed by atoms with van der Waals surface area (Å²) < 4.78 is 36.0. The molecule has 0 fully saturated rings. The topological polar surface area (TPSA) is 94.0 Å². The van der Waals surface area contributed by atoms with Gasteiger partial charge in [-0.2, -0.15) is 4.39 Å². The van der Waals surface area contributed by atoms with E-state index in [-0.39, 0.29) is 14.9 Å². The minimum atomic E-state index is -3.88. The second kappa shape index (κ2) is 5.41. The Hall–Kier alpha value is -2.00. The number of rotatable bonds is 3. The van der Waals surface area contributed by atoms with Gasteiger partial charge in [0.1, 0.15) is 0 Å². The highest BCUT2D eigenvalue weighted by molar-refractivity contribution is 7.88. The first kappa shape index (κ1) is 15.4. The number of aromatic nitrogens is 3. The second-order valence-electron chi connectivity index (χ2n) is 4.26. The van der Waals surface area contributed by atoms with Crippen molar-refractivity contribution in [1.29, 1.82) is 0 Å². The Morgan fingerprint density at radius 2 is 2.05 bits per heavy atom. The average Bonchev–Trinajstić information content (AvgIpc) is 2.75. The molecule has 0 radical (unpaired) electrons. The molecular formula is C11H10ClFN4O3S. The van der Waals surface area contributed by atoms with Gasteiger partial charge in [-0.15, -0.1) is 10.2 Å². The van der Waals surface area contributed by atoms with Gasteiger partial charge in [-0.05, 0) is 24.6 Å². The van der Waals surface area contributed by atoms with Crippen LogP contribution in [0.3, 0.4) is 0 Å². The van der Waals surface area contributed by atoms with Crippen molar-refractivity contribution < 1.29 is 17.6 Å². The first-order chi connectivity index (χ1) is 9.68. The number of nitrogens with zero attached hydrogens (tertiary/aromatic N) is 3. The van der Waals surface area contributed by atoms with E-state index in [4.69, 9.17) is 11.6 Å². The van der Waals surface area contributed by atoms with Crippen molar-refractivity contribution in [2.75, 3.05) is 11.6 Å². The van der Waals surface area contributed by atoms with E-state index in [1.165, 1.54) is 6.07 Å². The third-order valence-electron chi connectivity index (χ3n) is 2.44. The molecule has 0 aliphatic rings. The smallest absolute Gasteiger partial charge is 0.281 e. The molecule has 1 N–H and O–H groups in total. The highest BCUT2D eigenvalue weighted by Crippen LogP contribution is 2.23. The van der Waals surface area contributed by atoms with Gasteiger partial charge >= 0.3 is 0 Å². The fourth-order valence-corrected chi connectivity index (χ4v) is 2.19. The van der Waals surface area contributed by atoms with Crippen molar-refractivity contribution >= 4 is 33.2 Å². The first-order valence-electron chi connectivity index (χ1n) is 5.59. The zero-order chi connectivity index (χ0) is 15.8. The third kappa shape index (κ3) is 3.37. The molecule has 1 heterocycles. The number of anilines is 1. The number of aryl methyl sites for hydroxylation is 1. The second-order valence-corrected chi connectivity index (χ2v) is 6.46. The highest BCUT2D eigenvalue weighted by atomic mass is 35.5. The summed E-state index contributed by atoms with van der Waals surface area (Å²) in [6, 6.07) is 4.85. The van der Waals surface area contributed by atoms with E-state index in [1.807, 2.05) is 6.92 Å². The molecule has 2 aromatic rings. The molecule has 10 heteroatoms. The summed E-state index contributed by atoms with van der Waals surface area (Å²) in [7, 11) is -3.88. The van der Waals surface area contributed by atoms with Crippen LogP contribution in [-0.2, 0) is 10.0 Å². The van der Waals surface area contributed by atoms with Gasteiger partial charge in [0.05, 0.1) is 17.0 Å². The maximum atomic E-state index is 13.5. The molecule has 1 aromatic carbocycles. The monoisotopic (exact) mass is 332 g/mol. The van der Waals surface area contributed by atoms with Gasteiger partial charge in [-0.25, -0.2) is 8.42 Å². The summed E-state index contributed by atoms with van der Waals surface area (Å²) in [6.45, 7) is 1.81. The van der Waals surface area contributed by atoms with Crippen molar-refractivity contribution in [1.82, 2.24) is 14.4 Å². The number of hydrogen-bond acceptors (Lipinski definition) is 5. The Bertz CT molecular complexity index is 819. The van der Waals surface area contributed by atoms with Crippen LogP contribution in [-0.4, -0.2) is 35.0 Å². The summed E-state index contributed by atoms with van der Waals surface area (Å²) in [5, 5.41) is 8.95. The van der Waals surface area contributed by atoms with Crippen molar-refractivity contribution in [3.05, 3.63) is 40.4 Å². The van der Waals surface area contributed by atoms with Gasteiger partial charge in [-0.3, -0.25) is 4.79 Å². The maximum Gasteiger partial charge on any atom is 0.281 e. The van der Waals surface area contributed by atoms with Crippen LogP contribution >= 0.6 is 11.6 Å². The van der Waals surface area contributed by atoms with Crippen molar-refractivity contribution in [2.45, 2.75) is 6.92 Å². The lowest BCUT2D eigenvalue weighted by Gasteiger charge is -2.06. The van der Waals surface area contributed by atoms with Crippen LogP contribution in [0.2, 0.25) is 5.02 Å². The lowest BCUT2D eigenvalue weighted by Crippen LogP contribution is -2.17. The number of benzene rings is 1. The zero-order valence-corrected chi connectivity index (χ0v) is 12.5. The van der Waals surface area contributed by atoms with Crippen LogP contribution in [0.15, 0.2) is 18.2 Å². The number of hydrogen-bond donors (Lipinski definition) is 1. The van der Waals surface area contributed by atoms with Crippen molar-refractivity contribution in [3.8, 4) is 0 Å². The molecule has 1 amide bonds. The van der Waals surface area contributed by atoms with Crippen molar-refractivity contribution in [3.63, 3.8) is 0 Å². The standard InChI is InChI=1S/C11H10ClFN4O3S/c1-6-3-4-8(7(12)5-6)14-11(18)9-10(13)16-17(15-9)21(2,19)20/h3-5H,1-2H3,(H,14,18). The van der Waals surface area contributed by atoms with E-state index in [0.717, 1.165) is 11.8 Å². The normalized spacial score (nSPS) is 11.4. The average molecular weight is 333 g/mol. The van der Waals surface area contributed by atoms with Crippen LogP contribution < -0.4 is 5.32 Å². The van der Waals surface area contributed by atoms with Gasteiger partial charge in [-0.1, -0.05) is 21.9 Å². The summed E-state index contributed by atoms with van der Waals surface area (Å²) in [6.07, 6.45) is 0.783. The van der Waals surface area contributed by atoms with Crippen LogP contribution in [0.5, 0.6) is 0 Å². The van der Waals surface area contributed by atoms with Gasteiger partial charge in [0.25, 0.3) is 21.9 Å². The predicted octanol–water partition coefficient (Wildman–Crippen LogP) is 1.44. The highest BCUT2D eigenvalue weighted by Gasteiger charge is 2.22. The summed E-state index contributed by atoms with van der Waals surface area (Å²) >= 11 is 5.93. The third-order valence-corrected chi connectivity index (χ3v) is 3.51. The van der Waals surface area contributed by atoms with Crippen LogP contribution in [0.1, 0.15) is 16.1 Å². The number of halogens is 2. The molecule has 2 rings (SSSR count). The number of carbonyl (C=O) groups excluding carboxylic acids is 1. The van der Waals surface area contributed by atoms with Crippen LogP contribution in [0.4, 0.5) is 10.1 Å². The quantitative estimate of drug-likeness (QED) is 0.917. The molecule has 0 atom stereocenters. The Morgan fingerprint density at radius 3 is 2.57 bits per heavy atom. The Kier molecular flexibility index (Phi) is 3.97. The SMILES string of the molecule is Cc1ccc(NC(=O)c2nn(S(C)(=O)=O)nc2F)c(Cl)c1. The Balaban J connectivity index is 2.31. The molecule has 7 nitrogen and oxygen atoms in total. The molecular weight excluding hydrogens is 323 g/mol. The molecule has 0 unspecified atom stereocenters. The van der Waals surface area contributed by atoms with E-state index in [1.54, 1.807) is 12.1 Å². The summed E-state index contributed by atoms with van der Waals surface area (Å²) in [5.74, 6) is -2.24. The first-order valence-corrected chi connectivity index (χ1v) is 7.82.